The van der Waals surface area contributed by atoms with Crippen LogP contribution < -0.4 is 15.4 Å². The number of nitrogens with one attached hydrogen (secondary N) is 1. The molecule has 0 fully saturated rings. The van der Waals surface area contributed by atoms with E-state index in [9.17, 15) is 10.1 Å². The number of H-pyrrole nitrogens is 1. The minimum atomic E-state index is -1.39. The molecule has 3 heterocycles. The van der Waals surface area contributed by atoms with E-state index in [1.165, 1.54) is 0 Å². The third-order valence-electron chi connectivity index (χ3n) is 4.89. The second-order valence-corrected chi connectivity index (χ2v) is 6.09. The van der Waals surface area contributed by atoms with Gasteiger partial charge in [0.15, 0.2) is 0 Å². The monoisotopic (exact) mass is 351 g/mol. The van der Waals surface area contributed by atoms with Gasteiger partial charge >= 0.3 is 0 Å². The molecule has 0 saturated carbocycles. The number of aromatic nitrogens is 2. The molecule has 1 spiro atoms. The lowest BCUT2D eigenvalue weighted by molar-refractivity contribution is -0.120. The third-order valence-corrected chi connectivity index (χ3v) is 4.89. The Morgan fingerprint density at radius 3 is 2.92 bits per heavy atom. The summed E-state index contributed by atoms with van der Waals surface area (Å²) in [5.74, 6) is -0.171. The van der Waals surface area contributed by atoms with Crippen molar-refractivity contribution in [2.75, 3.05) is 18.6 Å². The average Bonchev–Trinajstić information content (AvgIpc) is 3.14. The highest BCUT2D eigenvalue weighted by Gasteiger charge is 2.60. The number of anilines is 1. The number of carbonyl (C=O) groups is 1. The molecule has 2 aliphatic heterocycles. The number of nitriles is 1. The molecule has 1 aromatic carbocycles. The van der Waals surface area contributed by atoms with Crippen LogP contribution in [0, 0.1) is 11.3 Å². The summed E-state index contributed by atoms with van der Waals surface area (Å²) in [4.78, 5) is 15.3. The Kier molecular flexibility index (Phi) is 3.49. The molecule has 132 valence electrons. The lowest BCUT2D eigenvalue weighted by Crippen LogP contribution is -2.46. The number of carbonyl (C=O) groups excluding carboxylic acids is 1. The van der Waals surface area contributed by atoms with Gasteiger partial charge in [-0.1, -0.05) is 18.2 Å². The number of para-hydroxylation sites is 1. The van der Waals surface area contributed by atoms with Gasteiger partial charge in [-0.2, -0.15) is 5.26 Å². The second kappa shape index (κ2) is 5.61. The summed E-state index contributed by atoms with van der Waals surface area (Å²) in [6.07, 6.45) is 0. The van der Waals surface area contributed by atoms with Crippen LogP contribution in [0.15, 0.2) is 35.7 Å². The van der Waals surface area contributed by atoms with E-state index in [2.05, 4.69) is 16.3 Å². The molecule has 0 saturated heterocycles. The van der Waals surface area contributed by atoms with E-state index in [-0.39, 0.29) is 29.9 Å². The molecule has 8 heteroatoms. The number of amides is 1. The SMILES string of the molecule is CCN1C(=O)[C@]2(C(C#N)=C(N)Oc3n[nH]c(COC)c32)c2ccccc21. The minimum absolute atomic E-state index is 0.0668. The topological polar surface area (TPSA) is 117 Å². The van der Waals surface area contributed by atoms with Crippen molar-refractivity contribution in [3.05, 3.63) is 52.5 Å². The van der Waals surface area contributed by atoms with E-state index in [4.69, 9.17) is 15.2 Å². The Bertz CT molecular complexity index is 987. The number of hydrogen-bond acceptors (Lipinski definition) is 6. The summed E-state index contributed by atoms with van der Waals surface area (Å²) < 4.78 is 10.8. The molecule has 2 aromatic rings. The van der Waals surface area contributed by atoms with Gasteiger partial charge in [0.25, 0.3) is 0 Å². The van der Waals surface area contributed by atoms with Crippen LogP contribution in [-0.2, 0) is 21.6 Å². The summed E-state index contributed by atoms with van der Waals surface area (Å²) in [6, 6.07) is 9.50. The predicted octanol–water partition coefficient (Wildman–Crippen LogP) is 1.29. The zero-order chi connectivity index (χ0) is 18.5. The number of rotatable bonds is 3. The van der Waals surface area contributed by atoms with Gasteiger partial charge in [0.2, 0.25) is 17.7 Å². The van der Waals surface area contributed by atoms with E-state index >= 15 is 0 Å². The molecule has 0 radical (unpaired) electrons. The van der Waals surface area contributed by atoms with Crippen molar-refractivity contribution in [3.63, 3.8) is 0 Å². The molecular weight excluding hydrogens is 334 g/mol. The Morgan fingerprint density at radius 2 is 2.23 bits per heavy atom. The Labute approximate surface area is 149 Å². The number of ether oxygens (including phenoxy) is 2. The molecule has 0 unspecified atom stereocenters. The molecular formula is C18H17N5O3. The predicted molar refractivity (Wildman–Crippen MR) is 92.0 cm³/mol. The smallest absolute Gasteiger partial charge is 0.247 e. The zero-order valence-corrected chi connectivity index (χ0v) is 14.4. The number of methoxy groups -OCH3 is 1. The molecule has 26 heavy (non-hydrogen) atoms. The van der Waals surface area contributed by atoms with Crippen LogP contribution in [0.3, 0.4) is 0 Å². The maximum atomic E-state index is 13.6. The molecule has 1 atom stereocenters. The highest BCUT2D eigenvalue weighted by molar-refractivity contribution is 6.14. The highest BCUT2D eigenvalue weighted by Crippen LogP contribution is 2.55. The first-order valence-corrected chi connectivity index (χ1v) is 8.17. The summed E-state index contributed by atoms with van der Waals surface area (Å²) in [5.41, 5.74) is 7.20. The minimum Gasteiger partial charge on any atom is -0.420 e. The standard InChI is InChI=1S/C18H17N5O3/c1-3-23-13-7-5-4-6-10(13)18(17(23)24)11(8-19)15(20)26-16-14(18)12(9-25-2)21-22-16/h4-7H,3,9,20H2,1-2H3,(H,21,22)/t18-/m0/s1. The van der Waals surface area contributed by atoms with E-state index in [1.807, 2.05) is 31.2 Å². The second-order valence-electron chi connectivity index (χ2n) is 6.09. The zero-order valence-electron chi connectivity index (χ0n) is 14.4. The first-order valence-electron chi connectivity index (χ1n) is 8.17. The molecule has 4 rings (SSSR count). The third kappa shape index (κ3) is 1.75. The van der Waals surface area contributed by atoms with Gasteiger partial charge in [0.05, 0.1) is 17.9 Å². The van der Waals surface area contributed by atoms with Gasteiger partial charge < -0.3 is 20.1 Å². The molecule has 2 aliphatic rings. The molecule has 0 aliphatic carbocycles. The number of benzene rings is 1. The van der Waals surface area contributed by atoms with Gasteiger partial charge in [0.1, 0.15) is 17.1 Å². The summed E-state index contributed by atoms with van der Waals surface area (Å²) in [7, 11) is 1.54. The number of hydrogen-bond donors (Lipinski definition) is 2. The quantitative estimate of drug-likeness (QED) is 0.860. The van der Waals surface area contributed by atoms with Crippen LogP contribution >= 0.6 is 0 Å². The fourth-order valence-electron chi connectivity index (χ4n) is 3.92. The molecule has 3 N–H and O–H groups in total. The average molecular weight is 351 g/mol. The van der Waals surface area contributed by atoms with Crippen molar-refractivity contribution < 1.29 is 14.3 Å². The summed E-state index contributed by atoms with van der Waals surface area (Å²) in [5, 5.41) is 16.9. The molecule has 0 bridgehead atoms. The van der Waals surface area contributed by atoms with Crippen LogP contribution in [-0.4, -0.2) is 29.8 Å². The molecule has 1 aromatic heterocycles. The van der Waals surface area contributed by atoms with Crippen molar-refractivity contribution in [2.24, 2.45) is 5.73 Å². The van der Waals surface area contributed by atoms with Crippen molar-refractivity contribution in [1.29, 1.82) is 5.26 Å². The van der Waals surface area contributed by atoms with Crippen LogP contribution in [0.4, 0.5) is 5.69 Å². The van der Waals surface area contributed by atoms with E-state index in [0.29, 0.717) is 23.4 Å². The highest BCUT2D eigenvalue weighted by atomic mass is 16.5. The van der Waals surface area contributed by atoms with Crippen molar-refractivity contribution in [1.82, 2.24) is 10.2 Å². The molecule has 8 nitrogen and oxygen atoms in total. The van der Waals surface area contributed by atoms with E-state index < -0.39 is 5.41 Å². The number of fused-ring (bicyclic) bond motifs is 4. The Hall–Kier alpha value is -3.31. The van der Waals surface area contributed by atoms with Gasteiger partial charge in [-0.05, 0) is 13.0 Å². The fraction of sp³-hybridized carbons (Fsp3) is 0.278. The lowest BCUT2D eigenvalue weighted by atomic mass is 9.69. The van der Waals surface area contributed by atoms with E-state index in [0.717, 1.165) is 5.69 Å². The Balaban J connectivity index is 2.14. The van der Waals surface area contributed by atoms with Gasteiger partial charge in [-0.25, -0.2) is 0 Å². The van der Waals surface area contributed by atoms with Gasteiger partial charge in [0, 0.05) is 24.9 Å². The fourth-order valence-corrected chi connectivity index (χ4v) is 3.92. The number of nitrogens with zero attached hydrogens (tertiary/aromatic N) is 3. The first kappa shape index (κ1) is 16.2. The van der Waals surface area contributed by atoms with Crippen molar-refractivity contribution >= 4 is 11.6 Å². The van der Waals surface area contributed by atoms with Crippen LogP contribution in [0.25, 0.3) is 0 Å². The normalized spacial score (nSPS) is 20.8. The number of aromatic amines is 1. The van der Waals surface area contributed by atoms with Gasteiger partial charge in [-0.15, -0.1) is 5.10 Å². The number of likely N-dealkylation sites (N-methyl/N-ethyl adjacent to an activating group) is 1. The number of nitrogens with two attached hydrogens (primary N) is 1. The maximum absolute atomic E-state index is 13.6. The van der Waals surface area contributed by atoms with Crippen LogP contribution in [0.2, 0.25) is 0 Å². The Morgan fingerprint density at radius 1 is 1.46 bits per heavy atom. The first-order chi connectivity index (χ1) is 12.6. The maximum Gasteiger partial charge on any atom is 0.247 e. The summed E-state index contributed by atoms with van der Waals surface area (Å²) in [6.45, 7) is 2.54. The molecule has 1 amide bonds. The van der Waals surface area contributed by atoms with Crippen molar-refractivity contribution in [2.45, 2.75) is 18.9 Å². The van der Waals surface area contributed by atoms with Crippen molar-refractivity contribution in [3.8, 4) is 11.9 Å². The van der Waals surface area contributed by atoms with Crippen LogP contribution in [0.1, 0.15) is 23.7 Å². The lowest BCUT2D eigenvalue weighted by Gasteiger charge is -2.32. The van der Waals surface area contributed by atoms with E-state index in [1.54, 1.807) is 12.0 Å². The largest absolute Gasteiger partial charge is 0.420 e. The van der Waals surface area contributed by atoms with Gasteiger partial charge in [-0.3, -0.25) is 9.89 Å². The summed E-state index contributed by atoms with van der Waals surface area (Å²) >= 11 is 0. The van der Waals surface area contributed by atoms with Crippen LogP contribution in [0.5, 0.6) is 5.88 Å².